The molecule has 16 heavy (non-hydrogen) atoms. The van der Waals surface area contributed by atoms with Crippen molar-refractivity contribution in [3.8, 4) is 0 Å². The van der Waals surface area contributed by atoms with Gasteiger partial charge in [0.15, 0.2) is 0 Å². The van der Waals surface area contributed by atoms with Crippen molar-refractivity contribution in [1.29, 1.82) is 0 Å². The van der Waals surface area contributed by atoms with Crippen LogP contribution in [0.15, 0.2) is 23.1 Å². The van der Waals surface area contributed by atoms with Gasteiger partial charge in [0.2, 0.25) is 10.0 Å². The molecule has 1 rings (SSSR count). The van der Waals surface area contributed by atoms with Crippen molar-refractivity contribution in [2.24, 2.45) is 5.14 Å². The molecule has 0 aliphatic carbocycles. The number of primary sulfonamides is 1. The predicted octanol–water partition coefficient (Wildman–Crippen LogP) is 0.737. The SMILES string of the molecule is CCNC(=O)c1ccc(Cl)c(S(N)(=O)=O)c1. The molecule has 5 nitrogen and oxygen atoms in total. The van der Waals surface area contributed by atoms with Gasteiger partial charge in [-0.3, -0.25) is 4.79 Å². The molecule has 0 aliphatic heterocycles. The number of amides is 1. The van der Waals surface area contributed by atoms with Gasteiger partial charge in [0.05, 0.1) is 5.02 Å². The summed E-state index contributed by atoms with van der Waals surface area (Å²) in [6, 6.07) is 3.91. The maximum Gasteiger partial charge on any atom is 0.251 e. The molecule has 1 aromatic rings. The molecule has 0 heterocycles. The van der Waals surface area contributed by atoms with Crippen LogP contribution in [0.5, 0.6) is 0 Å². The van der Waals surface area contributed by atoms with Gasteiger partial charge in [0, 0.05) is 12.1 Å². The van der Waals surface area contributed by atoms with E-state index < -0.39 is 10.0 Å². The average Bonchev–Trinajstić information content (AvgIpc) is 2.16. The van der Waals surface area contributed by atoms with Crippen LogP contribution in [0.4, 0.5) is 0 Å². The van der Waals surface area contributed by atoms with E-state index in [9.17, 15) is 13.2 Å². The van der Waals surface area contributed by atoms with E-state index in [0.29, 0.717) is 6.54 Å². The summed E-state index contributed by atoms with van der Waals surface area (Å²) in [6.45, 7) is 2.21. The third-order valence-electron chi connectivity index (χ3n) is 1.84. The third kappa shape index (κ3) is 2.94. The lowest BCUT2D eigenvalue weighted by Crippen LogP contribution is -2.23. The summed E-state index contributed by atoms with van der Waals surface area (Å²) in [7, 11) is -3.92. The van der Waals surface area contributed by atoms with Gasteiger partial charge >= 0.3 is 0 Å². The molecule has 0 radical (unpaired) electrons. The van der Waals surface area contributed by atoms with E-state index in [1.807, 2.05) is 0 Å². The number of benzene rings is 1. The Morgan fingerprint density at radius 2 is 2.12 bits per heavy atom. The van der Waals surface area contributed by atoms with Gasteiger partial charge in [-0.25, -0.2) is 13.6 Å². The Bertz CT molecular complexity index is 513. The number of hydrogen-bond donors (Lipinski definition) is 2. The Labute approximate surface area is 98.6 Å². The van der Waals surface area contributed by atoms with Gasteiger partial charge in [-0.2, -0.15) is 0 Å². The van der Waals surface area contributed by atoms with Crippen LogP contribution in [-0.4, -0.2) is 20.9 Å². The molecule has 0 spiro atoms. The normalized spacial score (nSPS) is 11.2. The second kappa shape index (κ2) is 4.82. The molecule has 0 unspecified atom stereocenters. The number of nitrogens with one attached hydrogen (secondary N) is 1. The number of halogens is 1. The van der Waals surface area contributed by atoms with Crippen LogP contribution >= 0.6 is 11.6 Å². The lowest BCUT2D eigenvalue weighted by Gasteiger charge is -2.05. The van der Waals surface area contributed by atoms with Gasteiger partial charge in [0.1, 0.15) is 4.90 Å². The number of hydrogen-bond acceptors (Lipinski definition) is 3. The summed E-state index contributed by atoms with van der Waals surface area (Å²) in [5, 5.41) is 7.49. The predicted molar refractivity (Wildman–Crippen MR) is 60.8 cm³/mol. The number of rotatable bonds is 3. The second-order valence-electron chi connectivity index (χ2n) is 3.05. The highest BCUT2D eigenvalue weighted by atomic mass is 35.5. The molecule has 7 heteroatoms. The Morgan fingerprint density at radius 1 is 1.50 bits per heavy atom. The fraction of sp³-hybridized carbons (Fsp3) is 0.222. The summed E-state index contributed by atoms with van der Waals surface area (Å²) in [6.07, 6.45) is 0. The topological polar surface area (TPSA) is 89.3 Å². The van der Waals surface area contributed by atoms with Gasteiger partial charge in [-0.15, -0.1) is 0 Å². The van der Waals surface area contributed by atoms with Crippen LogP contribution in [0.25, 0.3) is 0 Å². The fourth-order valence-corrected chi connectivity index (χ4v) is 2.20. The summed E-state index contributed by atoms with van der Waals surface area (Å²) < 4.78 is 22.3. The first-order chi connectivity index (χ1) is 7.36. The van der Waals surface area contributed by atoms with Crippen LogP contribution in [0, 0.1) is 0 Å². The Kier molecular flexibility index (Phi) is 3.90. The van der Waals surface area contributed by atoms with E-state index in [2.05, 4.69) is 5.32 Å². The number of sulfonamides is 1. The van der Waals surface area contributed by atoms with E-state index in [4.69, 9.17) is 16.7 Å². The molecule has 0 aromatic heterocycles. The molecule has 0 atom stereocenters. The van der Waals surface area contributed by atoms with Crippen molar-refractivity contribution in [1.82, 2.24) is 5.32 Å². The maximum absolute atomic E-state index is 11.4. The molecule has 88 valence electrons. The quantitative estimate of drug-likeness (QED) is 0.842. The Morgan fingerprint density at radius 3 is 2.62 bits per heavy atom. The molecule has 3 N–H and O–H groups in total. The van der Waals surface area contributed by atoms with Gasteiger partial charge < -0.3 is 5.32 Å². The minimum Gasteiger partial charge on any atom is -0.352 e. The highest BCUT2D eigenvalue weighted by Gasteiger charge is 2.15. The summed E-state index contributed by atoms with van der Waals surface area (Å²) in [5.41, 5.74) is 0.204. The van der Waals surface area contributed by atoms with Crippen LogP contribution in [-0.2, 0) is 10.0 Å². The number of carbonyl (C=O) groups is 1. The van der Waals surface area contributed by atoms with E-state index in [0.717, 1.165) is 6.07 Å². The van der Waals surface area contributed by atoms with Gasteiger partial charge in [0.25, 0.3) is 5.91 Å². The molecular weight excluding hydrogens is 252 g/mol. The summed E-state index contributed by atoms with van der Waals surface area (Å²) in [5.74, 6) is -0.371. The van der Waals surface area contributed by atoms with Crippen molar-refractivity contribution in [2.75, 3.05) is 6.54 Å². The van der Waals surface area contributed by atoms with Crippen molar-refractivity contribution < 1.29 is 13.2 Å². The van der Waals surface area contributed by atoms with Crippen molar-refractivity contribution in [2.45, 2.75) is 11.8 Å². The van der Waals surface area contributed by atoms with Crippen LogP contribution in [0.1, 0.15) is 17.3 Å². The molecule has 0 aliphatic rings. The number of nitrogens with two attached hydrogens (primary N) is 1. The third-order valence-corrected chi connectivity index (χ3v) is 3.23. The zero-order valence-corrected chi connectivity index (χ0v) is 10.1. The largest absolute Gasteiger partial charge is 0.352 e. The lowest BCUT2D eigenvalue weighted by atomic mass is 10.2. The smallest absolute Gasteiger partial charge is 0.251 e. The molecule has 0 saturated carbocycles. The zero-order valence-electron chi connectivity index (χ0n) is 8.53. The van der Waals surface area contributed by atoms with Crippen molar-refractivity contribution in [3.63, 3.8) is 0 Å². The van der Waals surface area contributed by atoms with Crippen molar-refractivity contribution in [3.05, 3.63) is 28.8 Å². The van der Waals surface area contributed by atoms with E-state index in [1.54, 1.807) is 6.92 Å². The van der Waals surface area contributed by atoms with E-state index in [1.165, 1.54) is 12.1 Å². The number of carbonyl (C=O) groups excluding carboxylic acids is 1. The standard InChI is InChI=1S/C9H11ClN2O3S/c1-2-12-9(13)6-3-4-7(10)8(5-6)16(11,14)15/h3-5H,2H2,1H3,(H,12,13)(H2,11,14,15). The first-order valence-electron chi connectivity index (χ1n) is 4.46. The average molecular weight is 263 g/mol. The minimum absolute atomic E-state index is 0.00412. The van der Waals surface area contributed by atoms with Crippen molar-refractivity contribution >= 4 is 27.5 Å². The van der Waals surface area contributed by atoms with Gasteiger partial charge in [-0.1, -0.05) is 11.6 Å². The van der Waals surface area contributed by atoms with Crippen LogP contribution < -0.4 is 10.5 Å². The summed E-state index contributed by atoms with van der Waals surface area (Å²) >= 11 is 5.67. The molecular formula is C9H11ClN2O3S. The second-order valence-corrected chi connectivity index (χ2v) is 4.99. The molecule has 0 bridgehead atoms. The highest BCUT2D eigenvalue weighted by Crippen LogP contribution is 2.21. The minimum atomic E-state index is -3.92. The summed E-state index contributed by atoms with van der Waals surface area (Å²) in [4.78, 5) is 11.2. The van der Waals surface area contributed by atoms with Crippen LogP contribution in [0.2, 0.25) is 5.02 Å². The fourth-order valence-electron chi connectivity index (χ4n) is 1.13. The van der Waals surface area contributed by atoms with E-state index >= 15 is 0 Å². The van der Waals surface area contributed by atoms with Gasteiger partial charge in [-0.05, 0) is 25.1 Å². The lowest BCUT2D eigenvalue weighted by molar-refractivity contribution is 0.0955. The molecule has 1 amide bonds. The monoisotopic (exact) mass is 262 g/mol. The highest BCUT2D eigenvalue weighted by molar-refractivity contribution is 7.89. The van der Waals surface area contributed by atoms with E-state index in [-0.39, 0.29) is 21.4 Å². The first-order valence-corrected chi connectivity index (χ1v) is 6.39. The Balaban J connectivity index is 3.23. The van der Waals surface area contributed by atoms with Crippen LogP contribution in [0.3, 0.4) is 0 Å². The zero-order chi connectivity index (χ0) is 12.3. The maximum atomic E-state index is 11.4. The molecule has 0 saturated heterocycles. The molecule has 1 aromatic carbocycles. The first kappa shape index (κ1) is 13.0. The Hall–Kier alpha value is -1.11. The molecule has 0 fully saturated rings.